The summed E-state index contributed by atoms with van der Waals surface area (Å²) in [5.74, 6) is -1.14. The van der Waals surface area contributed by atoms with Gasteiger partial charge in [-0.25, -0.2) is 4.57 Å². The third-order valence-corrected chi connectivity index (χ3v) is 10.7. The second-order valence-corrected chi connectivity index (χ2v) is 16.2. The standard InChI is InChI=1S/C42H75O13P/c1-3-5-7-9-11-13-15-17-19-20-22-24-26-28-30-35(43)52-32-34(33-53-56(50,51)55-42-40(48)38(46)37(45)39(47)41(42)49)54-36(44)31-29-27-25-23-21-18-16-14-12-10-8-6-4-2/h9,11,15,17-18,21,34,37-42,45-49H,3-8,10,12-14,16,19-20,22-33H2,1-2H3,(H,50,51)/b11-9+,17-15+,21-18+/t34-,37?,38-,39?,40?,41?,42?/m0/s1. The van der Waals surface area contributed by atoms with Gasteiger partial charge in [-0.05, 0) is 64.2 Å². The molecule has 1 fully saturated rings. The predicted octanol–water partition coefficient (Wildman–Crippen LogP) is 7.44. The van der Waals surface area contributed by atoms with Crippen molar-refractivity contribution in [3.63, 3.8) is 0 Å². The summed E-state index contributed by atoms with van der Waals surface area (Å²) in [6.45, 7) is 3.20. The van der Waals surface area contributed by atoms with E-state index in [4.69, 9.17) is 18.5 Å². The van der Waals surface area contributed by atoms with Crippen LogP contribution in [0.15, 0.2) is 36.5 Å². The Morgan fingerprint density at radius 1 is 0.554 bits per heavy atom. The van der Waals surface area contributed by atoms with Gasteiger partial charge in [-0.1, -0.05) is 121 Å². The van der Waals surface area contributed by atoms with E-state index in [1.807, 2.05) is 0 Å². The van der Waals surface area contributed by atoms with E-state index in [-0.39, 0.29) is 12.8 Å². The van der Waals surface area contributed by atoms with Crippen LogP contribution in [0.5, 0.6) is 0 Å². The van der Waals surface area contributed by atoms with E-state index in [1.165, 1.54) is 51.4 Å². The second kappa shape index (κ2) is 33.0. The van der Waals surface area contributed by atoms with Gasteiger partial charge in [-0.3, -0.25) is 18.6 Å². The summed E-state index contributed by atoms with van der Waals surface area (Å²) < 4.78 is 33.4. The highest BCUT2D eigenvalue weighted by Crippen LogP contribution is 2.47. The van der Waals surface area contributed by atoms with Crippen molar-refractivity contribution >= 4 is 19.8 Å². The zero-order valence-corrected chi connectivity index (χ0v) is 35.1. The van der Waals surface area contributed by atoms with Crippen LogP contribution in [0.4, 0.5) is 0 Å². The van der Waals surface area contributed by atoms with Gasteiger partial charge in [-0.15, -0.1) is 0 Å². The Kier molecular flexibility index (Phi) is 30.7. The molecule has 0 heterocycles. The van der Waals surface area contributed by atoms with E-state index in [9.17, 15) is 44.6 Å². The van der Waals surface area contributed by atoms with Crippen molar-refractivity contribution in [1.82, 2.24) is 0 Å². The number of allylic oxidation sites excluding steroid dienone is 6. The van der Waals surface area contributed by atoms with Crippen LogP contribution in [0.2, 0.25) is 0 Å². The molecular formula is C42H75O13P. The van der Waals surface area contributed by atoms with E-state index in [0.717, 1.165) is 70.6 Å². The third kappa shape index (κ3) is 25.4. The number of carbonyl (C=O) groups excluding carboxylic acids is 2. The topological polar surface area (TPSA) is 210 Å². The van der Waals surface area contributed by atoms with Gasteiger partial charge in [0.2, 0.25) is 0 Å². The lowest BCUT2D eigenvalue weighted by Gasteiger charge is -2.41. The molecule has 14 heteroatoms. The molecule has 0 saturated heterocycles. The Hall–Kier alpha value is -1.93. The number of aliphatic hydroxyl groups excluding tert-OH is 5. The molecule has 0 spiro atoms. The fourth-order valence-corrected chi connectivity index (χ4v) is 7.15. The first-order chi connectivity index (χ1) is 26.9. The maximum atomic E-state index is 12.8. The lowest BCUT2D eigenvalue weighted by Crippen LogP contribution is -2.64. The zero-order chi connectivity index (χ0) is 41.4. The Morgan fingerprint density at radius 2 is 0.982 bits per heavy atom. The number of hydrogen-bond acceptors (Lipinski definition) is 12. The Labute approximate surface area is 336 Å². The largest absolute Gasteiger partial charge is 0.472 e. The van der Waals surface area contributed by atoms with Crippen molar-refractivity contribution in [3.05, 3.63) is 36.5 Å². The summed E-state index contributed by atoms with van der Waals surface area (Å²) in [4.78, 5) is 35.5. The second-order valence-electron chi connectivity index (χ2n) is 14.8. The van der Waals surface area contributed by atoms with E-state index < -0.39 is 75.7 Å². The minimum absolute atomic E-state index is 0.0731. The maximum absolute atomic E-state index is 12.8. The van der Waals surface area contributed by atoms with E-state index >= 15 is 0 Å². The highest BCUT2D eigenvalue weighted by atomic mass is 31.2. The molecule has 0 aliphatic heterocycles. The number of aliphatic hydroxyl groups is 5. The molecule has 1 aliphatic rings. The third-order valence-electron chi connectivity index (χ3n) is 9.70. The van der Waals surface area contributed by atoms with Crippen molar-refractivity contribution in [2.75, 3.05) is 13.2 Å². The fourth-order valence-electron chi connectivity index (χ4n) is 6.18. The minimum atomic E-state index is -5.12. The van der Waals surface area contributed by atoms with Gasteiger partial charge in [0.1, 0.15) is 43.2 Å². The van der Waals surface area contributed by atoms with Crippen LogP contribution in [0.3, 0.4) is 0 Å². The number of rotatable bonds is 34. The van der Waals surface area contributed by atoms with Gasteiger partial charge in [0, 0.05) is 12.8 Å². The lowest BCUT2D eigenvalue weighted by molar-refractivity contribution is -0.220. The summed E-state index contributed by atoms with van der Waals surface area (Å²) in [6, 6.07) is 0. The summed E-state index contributed by atoms with van der Waals surface area (Å²) >= 11 is 0. The average molecular weight is 819 g/mol. The summed E-state index contributed by atoms with van der Waals surface area (Å²) in [5, 5.41) is 50.0. The van der Waals surface area contributed by atoms with Gasteiger partial charge in [0.25, 0.3) is 0 Å². The molecule has 8 atom stereocenters. The molecule has 0 bridgehead atoms. The van der Waals surface area contributed by atoms with E-state index in [2.05, 4.69) is 50.3 Å². The molecule has 1 rings (SSSR count). The number of esters is 2. The van der Waals surface area contributed by atoms with Crippen LogP contribution in [0.25, 0.3) is 0 Å². The quantitative estimate of drug-likeness (QED) is 0.0162. The molecule has 0 amide bonds. The average Bonchev–Trinajstić information content (AvgIpc) is 3.18. The summed E-state index contributed by atoms with van der Waals surface area (Å²) in [5.41, 5.74) is 0. The normalized spacial score (nSPS) is 23.2. The number of hydrogen-bond donors (Lipinski definition) is 6. The number of phosphoric acid groups is 1. The first kappa shape index (κ1) is 52.1. The van der Waals surface area contributed by atoms with Crippen molar-refractivity contribution in [1.29, 1.82) is 0 Å². The molecule has 0 aromatic carbocycles. The molecule has 6 unspecified atom stereocenters. The van der Waals surface area contributed by atoms with E-state index in [0.29, 0.717) is 12.8 Å². The van der Waals surface area contributed by atoms with Crippen LogP contribution in [0.1, 0.15) is 162 Å². The molecule has 13 nitrogen and oxygen atoms in total. The predicted molar refractivity (Wildman–Crippen MR) is 216 cm³/mol. The summed E-state index contributed by atoms with van der Waals surface area (Å²) in [6.07, 6.45) is 22.1. The number of carbonyl (C=O) groups is 2. The van der Waals surface area contributed by atoms with Gasteiger partial charge < -0.3 is 39.9 Å². The fraction of sp³-hybridized carbons (Fsp3) is 0.810. The SMILES string of the molecule is CCCC/C=C/C/C=C/CCCCCCCC(=O)OC[C@@H](COP(=O)(O)OC1C(O)C(O)C(O)[C@H](O)C1O)OC(=O)CCCCC/C=C/CCCCCCCC. The smallest absolute Gasteiger partial charge is 0.462 e. The van der Waals surface area contributed by atoms with E-state index in [1.54, 1.807) is 0 Å². The van der Waals surface area contributed by atoms with Crippen LogP contribution < -0.4 is 0 Å². The molecule has 1 saturated carbocycles. The Morgan fingerprint density at radius 3 is 1.54 bits per heavy atom. The number of phosphoric ester groups is 1. The molecule has 0 aromatic rings. The highest BCUT2D eigenvalue weighted by molar-refractivity contribution is 7.47. The van der Waals surface area contributed by atoms with Crippen molar-refractivity contribution in [2.45, 2.75) is 204 Å². The minimum Gasteiger partial charge on any atom is -0.462 e. The molecule has 0 aromatic heterocycles. The van der Waals surface area contributed by atoms with Crippen LogP contribution in [0, 0.1) is 0 Å². The Bertz CT molecular complexity index is 1130. The molecule has 1 aliphatic carbocycles. The Balaban J connectivity index is 2.53. The van der Waals surface area contributed by atoms with Crippen LogP contribution >= 0.6 is 7.82 Å². The van der Waals surface area contributed by atoms with Gasteiger partial charge in [0.15, 0.2) is 6.10 Å². The highest BCUT2D eigenvalue weighted by Gasteiger charge is 2.51. The number of ether oxygens (including phenoxy) is 2. The maximum Gasteiger partial charge on any atom is 0.472 e. The van der Waals surface area contributed by atoms with Crippen molar-refractivity contribution < 1.29 is 63.1 Å². The summed E-state index contributed by atoms with van der Waals surface area (Å²) in [7, 11) is -5.12. The molecule has 0 radical (unpaired) electrons. The molecule has 56 heavy (non-hydrogen) atoms. The van der Waals surface area contributed by atoms with Gasteiger partial charge in [-0.2, -0.15) is 0 Å². The zero-order valence-electron chi connectivity index (χ0n) is 34.2. The number of unbranched alkanes of at least 4 members (excludes halogenated alkanes) is 16. The van der Waals surface area contributed by atoms with Crippen molar-refractivity contribution in [3.8, 4) is 0 Å². The van der Waals surface area contributed by atoms with Crippen LogP contribution in [-0.4, -0.2) is 98.3 Å². The molecule has 6 N–H and O–H groups in total. The van der Waals surface area contributed by atoms with Gasteiger partial charge >= 0.3 is 19.8 Å². The monoisotopic (exact) mass is 818 g/mol. The molecular weight excluding hydrogens is 743 g/mol. The first-order valence-corrected chi connectivity index (χ1v) is 22.8. The molecule has 326 valence electrons. The van der Waals surface area contributed by atoms with Gasteiger partial charge in [0.05, 0.1) is 6.61 Å². The van der Waals surface area contributed by atoms with Crippen LogP contribution in [-0.2, 0) is 32.7 Å². The van der Waals surface area contributed by atoms with Crippen molar-refractivity contribution in [2.24, 2.45) is 0 Å². The lowest BCUT2D eigenvalue weighted by atomic mass is 9.85. The first-order valence-electron chi connectivity index (χ1n) is 21.3.